The molecule has 0 aliphatic carbocycles. The first-order valence-corrected chi connectivity index (χ1v) is 8.18. The Balaban J connectivity index is 2.20. The molecule has 2 aromatic carbocycles. The maximum atomic E-state index is 11.8. The number of hydrogen-bond donors (Lipinski definition) is 1. The van der Waals surface area contributed by atoms with Crippen LogP contribution in [0.15, 0.2) is 65.6 Å². The smallest absolute Gasteiger partial charge is 0.322 e. The van der Waals surface area contributed by atoms with Gasteiger partial charge in [-0.15, -0.1) is 11.8 Å². The second kappa shape index (κ2) is 8.01. The molecule has 0 bridgehead atoms. The molecule has 22 heavy (non-hydrogen) atoms. The van der Waals surface area contributed by atoms with Gasteiger partial charge in [0.05, 0.1) is 5.25 Å². The summed E-state index contributed by atoms with van der Waals surface area (Å²) in [6.45, 7) is 3.55. The lowest BCUT2D eigenvalue weighted by atomic mass is 10.1. The molecule has 3 nitrogen and oxygen atoms in total. The van der Waals surface area contributed by atoms with Crippen molar-refractivity contribution in [1.29, 1.82) is 0 Å². The van der Waals surface area contributed by atoms with Gasteiger partial charge in [-0.05, 0) is 31.5 Å². The molecule has 2 aromatic rings. The molecule has 2 N–H and O–H groups in total. The summed E-state index contributed by atoms with van der Waals surface area (Å²) < 4.78 is 5.52. The Bertz CT molecular complexity index is 587. The van der Waals surface area contributed by atoms with Crippen molar-refractivity contribution in [2.24, 2.45) is 5.73 Å². The SMILES string of the molecule is C[C@H](N)C(=O)O[C@@H](C)[C@H](Sc1ccccc1)c1ccccc1. The van der Waals surface area contributed by atoms with E-state index >= 15 is 0 Å². The second-order valence-corrected chi connectivity index (χ2v) is 6.41. The molecule has 3 atom stereocenters. The van der Waals surface area contributed by atoms with E-state index in [0.29, 0.717) is 0 Å². The highest BCUT2D eigenvalue weighted by molar-refractivity contribution is 7.99. The number of benzene rings is 2. The van der Waals surface area contributed by atoms with Crippen LogP contribution in [0.1, 0.15) is 24.7 Å². The first kappa shape index (κ1) is 16.6. The molecule has 0 amide bonds. The van der Waals surface area contributed by atoms with Crippen LogP contribution in [0, 0.1) is 0 Å². The van der Waals surface area contributed by atoms with E-state index in [1.54, 1.807) is 18.7 Å². The Morgan fingerprint density at radius 2 is 1.55 bits per heavy atom. The first-order chi connectivity index (χ1) is 10.6. The third-order valence-electron chi connectivity index (χ3n) is 3.23. The van der Waals surface area contributed by atoms with Crippen LogP contribution in [0.4, 0.5) is 0 Å². The lowest BCUT2D eigenvalue weighted by Gasteiger charge is -2.25. The molecule has 0 heterocycles. The maximum absolute atomic E-state index is 11.8. The Morgan fingerprint density at radius 3 is 2.09 bits per heavy atom. The summed E-state index contributed by atoms with van der Waals surface area (Å²) in [6.07, 6.45) is -0.272. The molecule has 2 rings (SSSR count). The van der Waals surface area contributed by atoms with E-state index < -0.39 is 6.04 Å². The average Bonchev–Trinajstić information content (AvgIpc) is 2.54. The molecular formula is C18H21NO2S. The standard InChI is InChI=1S/C18H21NO2S/c1-13(19)18(20)21-14(2)17(15-9-5-3-6-10-15)22-16-11-7-4-8-12-16/h3-14,17H,19H2,1-2H3/t13-,14-,17-/m0/s1. The number of carbonyl (C=O) groups excluding carboxylic acids is 1. The summed E-state index contributed by atoms with van der Waals surface area (Å²) in [6, 6.07) is 19.6. The second-order valence-electron chi connectivity index (χ2n) is 5.19. The number of ether oxygens (including phenoxy) is 1. The Morgan fingerprint density at radius 1 is 1.00 bits per heavy atom. The van der Waals surface area contributed by atoms with Gasteiger partial charge in [0.1, 0.15) is 12.1 Å². The van der Waals surface area contributed by atoms with E-state index in [0.717, 1.165) is 10.5 Å². The van der Waals surface area contributed by atoms with Gasteiger partial charge in [0.25, 0.3) is 0 Å². The van der Waals surface area contributed by atoms with E-state index in [9.17, 15) is 4.79 Å². The topological polar surface area (TPSA) is 52.3 Å². The van der Waals surface area contributed by atoms with Gasteiger partial charge >= 0.3 is 5.97 Å². The summed E-state index contributed by atoms with van der Waals surface area (Å²) in [5.74, 6) is -0.373. The van der Waals surface area contributed by atoms with Gasteiger partial charge in [0, 0.05) is 4.90 Å². The highest BCUT2D eigenvalue weighted by atomic mass is 32.2. The van der Waals surface area contributed by atoms with Crippen molar-refractivity contribution in [3.05, 3.63) is 66.2 Å². The third-order valence-corrected chi connectivity index (χ3v) is 4.69. The van der Waals surface area contributed by atoms with Crippen LogP contribution in [-0.4, -0.2) is 18.1 Å². The maximum Gasteiger partial charge on any atom is 0.322 e. The highest BCUT2D eigenvalue weighted by Crippen LogP contribution is 2.38. The van der Waals surface area contributed by atoms with Crippen LogP contribution in [0.25, 0.3) is 0 Å². The van der Waals surface area contributed by atoms with E-state index in [1.165, 1.54) is 0 Å². The van der Waals surface area contributed by atoms with Crippen LogP contribution in [0.5, 0.6) is 0 Å². The largest absolute Gasteiger partial charge is 0.460 e. The lowest BCUT2D eigenvalue weighted by molar-refractivity contribution is -0.149. The zero-order chi connectivity index (χ0) is 15.9. The number of nitrogens with two attached hydrogens (primary N) is 1. The predicted octanol–water partition coefficient (Wildman–Crippen LogP) is 3.80. The van der Waals surface area contributed by atoms with Crippen LogP contribution >= 0.6 is 11.8 Å². The van der Waals surface area contributed by atoms with E-state index in [4.69, 9.17) is 10.5 Å². The summed E-state index contributed by atoms with van der Waals surface area (Å²) in [4.78, 5) is 12.9. The molecule has 0 aliphatic rings. The van der Waals surface area contributed by atoms with Gasteiger partial charge in [-0.1, -0.05) is 48.5 Å². The van der Waals surface area contributed by atoms with Crippen LogP contribution < -0.4 is 5.73 Å². The molecule has 0 saturated carbocycles. The Kier molecular flexibility index (Phi) is 6.04. The van der Waals surface area contributed by atoms with Gasteiger partial charge in [-0.25, -0.2) is 0 Å². The van der Waals surface area contributed by atoms with E-state index in [1.807, 2.05) is 43.3 Å². The normalized spacial score (nSPS) is 14.9. The molecule has 0 aliphatic heterocycles. The Hall–Kier alpha value is -1.78. The van der Waals surface area contributed by atoms with Crippen LogP contribution in [-0.2, 0) is 9.53 Å². The fourth-order valence-electron chi connectivity index (χ4n) is 2.08. The fourth-order valence-corrected chi connectivity index (χ4v) is 3.22. The summed E-state index contributed by atoms with van der Waals surface area (Å²) in [7, 11) is 0. The third kappa shape index (κ3) is 4.61. The highest BCUT2D eigenvalue weighted by Gasteiger charge is 2.25. The van der Waals surface area contributed by atoms with Crippen molar-refractivity contribution in [2.45, 2.75) is 36.1 Å². The van der Waals surface area contributed by atoms with Crippen molar-refractivity contribution in [2.75, 3.05) is 0 Å². The van der Waals surface area contributed by atoms with Gasteiger partial charge in [0.2, 0.25) is 0 Å². The first-order valence-electron chi connectivity index (χ1n) is 7.30. The monoisotopic (exact) mass is 315 g/mol. The van der Waals surface area contributed by atoms with Crippen molar-refractivity contribution in [1.82, 2.24) is 0 Å². The zero-order valence-corrected chi connectivity index (χ0v) is 13.6. The summed E-state index contributed by atoms with van der Waals surface area (Å²) >= 11 is 1.69. The minimum atomic E-state index is -0.611. The van der Waals surface area contributed by atoms with Crippen molar-refractivity contribution < 1.29 is 9.53 Å². The minimum Gasteiger partial charge on any atom is -0.460 e. The van der Waals surface area contributed by atoms with E-state index in [-0.39, 0.29) is 17.3 Å². The number of hydrogen-bond acceptors (Lipinski definition) is 4. The van der Waals surface area contributed by atoms with Crippen molar-refractivity contribution in [3.63, 3.8) is 0 Å². The lowest BCUT2D eigenvalue weighted by Crippen LogP contribution is -2.33. The fraction of sp³-hybridized carbons (Fsp3) is 0.278. The molecular weight excluding hydrogens is 294 g/mol. The zero-order valence-electron chi connectivity index (χ0n) is 12.8. The van der Waals surface area contributed by atoms with Gasteiger partial charge in [0.15, 0.2) is 0 Å². The predicted molar refractivity (Wildman–Crippen MR) is 90.7 cm³/mol. The molecule has 0 aromatic heterocycles. The molecule has 0 saturated heterocycles. The number of carbonyl (C=O) groups is 1. The van der Waals surface area contributed by atoms with Crippen molar-refractivity contribution >= 4 is 17.7 Å². The van der Waals surface area contributed by atoms with Gasteiger partial charge < -0.3 is 10.5 Å². The molecule has 0 spiro atoms. The Labute approximate surface area is 135 Å². The number of thioether (sulfide) groups is 1. The van der Waals surface area contributed by atoms with Crippen LogP contribution in [0.3, 0.4) is 0 Å². The van der Waals surface area contributed by atoms with Gasteiger partial charge in [-0.2, -0.15) is 0 Å². The summed E-state index contributed by atoms with van der Waals surface area (Å²) in [5.41, 5.74) is 6.72. The minimum absolute atomic E-state index is 0.0197. The molecule has 0 fully saturated rings. The molecule has 0 unspecified atom stereocenters. The van der Waals surface area contributed by atoms with Crippen molar-refractivity contribution in [3.8, 4) is 0 Å². The molecule has 116 valence electrons. The number of rotatable bonds is 6. The molecule has 0 radical (unpaired) electrons. The quantitative estimate of drug-likeness (QED) is 0.651. The summed E-state index contributed by atoms with van der Waals surface area (Å²) in [5, 5.41) is 0.0197. The van der Waals surface area contributed by atoms with Gasteiger partial charge in [-0.3, -0.25) is 4.79 Å². The van der Waals surface area contributed by atoms with E-state index in [2.05, 4.69) is 24.3 Å². The van der Waals surface area contributed by atoms with Crippen LogP contribution in [0.2, 0.25) is 0 Å². The number of esters is 1. The average molecular weight is 315 g/mol. The molecule has 4 heteroatoms.